The Bertz CT molecular complexity index is 360. The second-order valence-electron chi connectivity index (χ2n) is 2.80. The van der Waals surface area contributed by atoms with E-state index in [2.05, 4.69) is 4.74 Å². The lowest BCUT2D eigenvalue weighted by Crippen LogP contribution is -2.09. The normalized spacial score (nSPS) is 11.5. The summed E-state index contributed by atoms with van der Waals surface area (Å²) >= 11 is 0. The van der Waals surface area contributed by atoms with Gasteiger partial charge in [-0.25, -0.2) is 0 Å². The SMILES string of the molecule is COc1ccc(C(F)(F)F)c(CO)c1O. The molecular formula is C9H9F3O3. The van der Waals surface area contributed by atoms with Gasteiger partial charge in [0.25, 0.3) is 0 Å². The standard InChI is InChI=1S/C9H9F3O3/c1-15-7-3-2-6(9(10,11)12)5(4-13)8(7)14/h2-3,13-14H,4H2,1H3. The topological polar surface area (TPSA) is 49.7 Å². The fourth-order valence-corrected chi connectivity index (χ4v) is 1.21. The van der Waals surface area contributed by atoms with Crippen molar-refractivity contribution in [1.29, 1.82) is 0 Å². The Morgan fingerprint density at radius 3 is 2.33 bits per heavy atom. The van der Waals surface area contributed by atoms with Crippen LogP contribution >= 0.6 is 0 Å². The first-order valence-electron chi connectivity index (χ1n) is 3.98. The second kappa shape index (κ2) is 3.98. The largest absolute Gasteiger partial charge is 0.504 e. The summed E-state index contributed by atoms with van der Waals surface area (Å²) in [6.45, 7) is -0.905. The van der Waals surface area contributed by atoms with Gasteiger partial charge in [0.15, 0.2) is 11.5 Å². The lowest BCUT2D eigenvalue weighted by Gasteiger charge is -2.14. The molecule has 1 aromatic rings. The average Bonchev–Trinajstić information content (AvgIpc) is 2.15. The molecule has 84 valence electrons. The van der Waals surface area contributed by atoms with Crippen LogP contribution in [0.25, 0.3) is 0 Å². The van der Waals surface area contributed by atoms with Gasteiger partial charge in [-0.2, -0.15) is 13.2 Å². The minimum atomic E-state index is -4.61. The number of benzene rings is 1. The van der Waals surface area contributed by atoms with E-state index < -0.39 is 29.7 Å². The third-order valence-electron chi connectivity index (χ3n) is 1.93. The zero-order valence-corrected chi connectivity index (χ0v) is 7.80. The van der Waals surface area contributed by atoms with Crippen LogP contribution in [-0.4, -0.2) is 17.3 Å². The number of halogens is 3. The van der Waals surface area contributed by atoms with Crippen molar-refractivity contribution in [2.45, 2.75) is 12.8 Å². The molecular weight excluding hydrogens is 213 g/mol. The van der Waals surface area contributed by atoms with Gasteiger partial charge in [0, 0.05) is 5.56 Å². The number of alkyl halides is 3. The van der Waals surface area contributed by atoms with Gasteiger partial charge in [-0.15, -0.1) is 0 Å². The van der Waals surface area contributed by atoms with Crippen molar-refractivity contribution in [2.75, 3.05) is 7.11 Å². The van der Waals surface area contributed by atoms with E-state index in [4.69, 9.17) is 5.11 Å². The molecule has 15 heavy (non-hydrogen) atoms. The second-order valence-corrected chi connectivity index (χ2v) is 2.80. The van der Waals surface area contributed by atoms with Crippen LogP contribution in [0.5, 0.6) is 11.5 Å². The first kappa shape index (κ1) is 11.6. The maximum atomic E-state index is 12.4. The summed E-state index contributed by atoms with van der Waals surface area (Å²) in [5.74, 6) is -0.790. The highest BCUT2D eigenvalue weighted by molar-refractivity contribution is 5.50. The molecule has 6 heteroatoms. The Morgan fingerprint density at radius 2 is 1.93 bits per heavy atom. The summed E-state index contributed by atoms with van der Waals surface area (Å²) in [7, 11) is 1.21. The van der Waals surface area contributed by atoms with Crippen molar-refractivity contribution < 1.29 is 28.1 Å². The lowest BCUT2D eigenvalue weighted by molar-refractivity contribution is -0.138. The molecule has 0 saturated heterocycles. The van der Waals surface area contributed by atoms with Crippen LogP contribution in [0.1, 0.15) is 11.1 Å². The summed E-state index contributed by atoms with van der Waals surface area (Å²) in [5, 5.41) is 18.1. The average molecular weight is 222 g/mol. The van der Waals surface area contributed by atoms with Crippen LogP contribution in [-0.2, 0) is 12.8 Å². The summed E-state index contributed by atoms with van der Waals surface area (Å²) < 4.78 is 41.8. The molecule has 0 atom stereocenters. The summed E-state index contributed by atoms with van der Waals surface area (Å²) in [4.78, 5) is 0. The first-order chi connectivity index (χ1) is 6.91. The van der Waals surface area contributed by atoms with E-state index in [0.29, 0.717) is 0 Å². The zero-order valence-electron chi connectivity index (χ0n) is 7.80. The van der Waals surface area contributed by atoms with E-state index in [9.17, 15) is 18.3 Å². The molecule has 1 aromatic carbocycles. The summed E-state index contributed by atoms with van der Waals surface area (Å²) in [6.07, 6.45) is -4.61. The maximum Gasteiger partial charge on any atom is 0.416 e. The Morgan fingerprint density at radius 1 is 1.33 bits per heavy atom. The fourth-order valence-electron chi connectivity index (χ4n) is 1.21. The highest BCUT2D eigenvalue weighted by Crippen LogP contribution is 2.40. The molecule has 0 aliphatic heterocycles. The smallest absolute Gasteiger partial charge is 0.416 e. The Balaban J connectivity index is 3.38. The number of rotatable bonds is 2. The number of ether oxygens (including phenoxy) is 1. The van der Waals surface area contributed by atoms with Crippen molar-refractivity contribution in [3.05, 3.63) is 23.3 Å². The number of aliphatic hydroxyl groups excluding tert-OH is 1. The number of hydrogen-bond donors (Lipinski definition) is 2. The van der Waals surface area contributed by atoms with Crippen molar-refractivity contribution in [2.24, 2.45) is 0 Å². The van der Waals surface area contributed by atoms with Gasteiger partial charge in [0.05, 0.1) is 19.3 Å². The molecule has 0 saturated carbocycles. The van der Waals surface area contributed by atoms with E-state index in [1.807, 2.05) is 0 Å². The number of phenols is 1. The highest BCUT2D eigenvalue weighted by atomic mass is 19.4. The van der Waals surface area contributed by atoms with Crippen LogP contribution in [0, 0.1) is 0 Å². The number of hydrogen-bond acceptors (Lipinski definition) is 3. The van der Waals surface area contributed by atoms with Gasteiger partial charge in [-0.3, -0.25) is 0 Å². The molecule has 0 heterocycles. The Labute approximate surface area is 83.7 Å². The molecule has 0 amide bonds. The summed E-state index contributed by atoms with van der Waals surface area (Å²) in [6, 6.07) is 1.75. The van der Waals surface area contributed by atoms with E-state index in [1.165, 1.54) is 7.11 Å². The molecule has 1 rings (SSSR count). The van der Waals surface area contributed by atoms with Gasteiger partial charge in [0.2, 0.25) is 0 Å². The van der Waals surface area contributed by atoms with Gasteiger partial charge in [-0.05, 0) is 12.1 Å². The van der Waals surface area contributed by atoms with Crippen molar-refractivity contribution in [1.82, 2.24) is 0 Å². The first-order valence-corrected chi connectivity index (χ1v) is 3.98. The van der Waals surface area contributed by atoms with Gasteiger partial charge in [0.1, 0.15) is 0 Å². The number of methoxy groups -OCH3 is 1. The predicted molar refractivity (Wildman–Crippen MR) is 45.6 cm³/mol. The number of aliphatic hydroxyl groups is 1. The Hall–Kier alpha value is -1.43. The molecule has 0 aliphatic carbocycles. The highest BCUT2D eigenvalue weighted by Gasteiger charge is 2.35. The fraction of sp³-hybridized carbons (Fsp3) is 0.333. The van der Waals surface area contributed by atoms with E-state index in [0.717, 1.165) is 12.1 Å². The molecule has 2 N–H and O–H groups in total. The molecule has 0 aromatic heterocycles. The van der Waals surface area contributed by atoms with E-state index >= 15 is 0 Å². The molecule has 0 fully saturated rings. The monoisotopic (exact) mass is 222 g/mol. The van der Waals surface area contributed by atoms with Crippen LogP contribution in [0.2, 0.25) is 0 Å². The zero-order chi connectivity index (χ0) is 11.6. The quantitative estimate of drug-likeness (QED) is 0.803. The van der Waals surface area contributed by atoms with Crippen LogP contribution in [0.3, 0.4) is 0 Å². The van der Waals surface area contributed by atoms with Crippen LogP contribution < -0.4 is 4.74 Å². The van der Waals surface area contributed by atoms with E-state index in [1.54, 1.807) is 0 Å². The minimum Gasteiger partial charge on any atom is -0.504 e. The molecule has 0 radical (unpaired) electrons. The molecule has 0 aliphatic rings. The van der Waals surface area contributed by atoms with Crippen molar-refractivity contribution >= 4 is 0 Å². The lowest BCUT2D eigenvalue weighted by atomic mass is 10.1. The molecule has 0 spiro atoms. The molecule has 0 unspecified atom stereocenters. The number of aromatic hydroxyl groups is 1. The Kier molecular flexibility index (Phi) is 3.09. The maximum absolute atomic E-state index is 12.4. The third kappa shape index (κ3) is 2.15. The van der Waals surface area contributed by atoms with Crippen LogP contribution in [0.15, 0.2) is 12.1 Å². The third-order valence-corrected chi connectivity index (χ3v) is 1.93. The van der Waals surface area contributed by atoms with Crippen molar-refractivity contribution in [3.8, 4) is 11.5 Å². The van der Waals surface area contributed by atoms with Gasteiger partial charge in [-0.1, -0.05) is 0 Å². The van der Waals surface area contributed by atoms with Gasteiger partial charge >= 0.3 is 6.18 Å². The van der Waals surface area contributed by atoms with Crippen molar-refractivity contribution in [3.63, 3.8) is 0 Å². The molecule has 3 nitrogen and oxygen atoms in total. The van der Waals surface area contributed by atoms with E-state index in [-0.39, 0.29) is 5.75 Å². The minimum absolute atomic E-state index is 0.105. The van der Waals surface area contributed by atoms with Gasteiger partial charge < -0.3 is 14.9 Å². The predicted octanol–water partition coefficient (Wildman–Crippen LogP) is 1.91. The molecule has 0 bridgehead atoms. The summed E-state index contributed by atoms with van der Waals surface area (Å²) in [5.41, 5.74) is -1.65. The van der Waals surface area contributed by atoms with Crippen LogP contribution in [0.4, 0.5) is 13.2 Å².